The van der Waals surface area contributed by atoms with Crippen molar-refractivity contribution in [2.45, 2.75) is 30.6 Å². The van der Waals surface area contributed by atoms with Crippen LogP contribution in [0.4, 0.5) is 9.52 Å². The largest absolute Gasteiger partial charge is 0.356 e. The summed E-state index contributed by atoms with van der Waals surface area (Å²) in [6, 6.07) is 6.40. The van der Waals surface area contributed by atoms with Crippen LogP contribution in [0.5, 0.6) is 0 Å². The smallest absolute Gasteiger partial charge is 0.228 e. The maximum atomic E-state index is 12.8. The first kappa shape index (κ1) is 18.8. The molecular weight excluding hydrogens is 373 g/mol. The fourth-order valence-corrected chi connectivity index (χ4v) is 4.32. The molecule has 26 heavy (non-hydrogen) atoms. The van der Waals surface area contributed by atoms with Gasteiger partial charge in [0.25, 0.3) is 0 Å². The monoisotopic (exact) mass is 393 g/mol. The summed E-state index contributed by atoms with van der Waals surface area (Å²) in [5.74, 6) is 0.653. The lowest BCUT2D eigenvalue weighted by molar-refractivity contribution is -0.120. The Balaban J connectivity index is 1.34. The lowest BCUT2D eigenvalue weighted by atomic mass is 10.3. The topological polar surface area (TPSA) is 62.3 Å². The van der Waals surface area contributed by atoms with Crippen LogP contribution in [0.1, 0.15) is 25.0 Å². The molecule has 3 rings (SSSR count). The van der Waals surface area contributed by atoms with Crippen LogP contribution >= 0.6 is 23.1 Å². The molecule has 1 aromatic carbocycles. The van der Waals surface area contributed by atoms with E-state index in [-0.39, 0.29) is 24.1 Å². The summed E-state index contributed by atoms with van der Waals surface area (Å²) in [5, 5.41) is 5.41. The number of benzene rings is 1. The van der Waals surface area contributed by atoms with Gasteiger partial charge < -0.3 is 5.32 Å². The van der Waals surface area contributed by atoms with Crippen molar-refractivity contribution in [2.24, 2.45) is 0 Å². The fourth-order valence-electron chi connectivity index (χ4n) is 2.60. The molecule has 2 aromatic rings. The quantitative estimate of drug-likeness (QED) is 0.552. The minimum atomic E-state index is -0.235. The van der Waals surface area contributed by atoms with Crippen LogP contribution in [0.15, 0.2) is 34.5 Å². The molecule has 0 atom stereocenters. The second-order valence-corrected chi connectivity index (χ2v) is 7.96. The maximum Gasteiger partial charge on any atom is 0.228 e. The average molecular weight is 394 g/mol. The number of thioether (sulfide) groups is 1. The molecule has 1 aromatic heterocycles. The molecule has 1 aliphatic rings. The number of halogens is 1. The van der Waals surface area contributed by atoms with Crippen molar-refractivity contribution in [1.82, 2.24) is 10.3 Å². The number of aromatic nitrogens is 1. The van der Waals surface area contributed by atoms with Gasteiger partial charge in [-0.2, -0.15) is 0 Å². The van der Waals surface area contributed by atoms with E-state index in [4.69, 9.17) is 0 Å². The Labute approximate surface area is 160 Å². The van der Waals surface area contributed by atoms with E-state index in [9.17, 15) is 14.0 Å². The first-order chi connectivity index (χ1) is 12.6. The van der Waals surface area contributed by atoms with Gasteiger partial charge in [-0.25, -0.2) is 9.37 Å². The number of carbonyl (C=O) groups excluding carboxylic acids is 2. The van der Waals surface area contributed by atoms with Gasteiger partial charge in [-0.1, -0.05) is 0 Å². The third-order valence-corrected chi connectivity index (χ3v) is 5.92. The molecule has 138 valence electrons. The van der Waals surface area contributed by atoms with Crippen molar-refractivity contribution in [3.8, 4) is 0 Å². The average Bonchev–Trinajstić information content (AvgIpc) is 3.25. The van der Waals surface area contributed by atoms with Gasteiger partial charge in [0.2, 0.25) is 11.8 Å². The molecular formula is C18H20FN3O2S2. The molecule has 2 heterocycles. The zero-order valence-corrected chi connectivity index (χ0v) is 15.9. The summed E-state index contributed by atoms with van der Waals surface area (Å²) in [4.78, 5) is 30.8. The van der Waals surface area contributed by atoms with E-state index < -0.39 is 0 Å². The molecule has 2 amide bonds. The van der Waals surface area contributed by atoms with E-state index in [1.165, 1.54) is 23.5 Å². The summed E-state index contributed by atoms with van der Waals surface area (Å²) < 4.78 is 12.8. The number of hydrogen-bond donors (Lipinski definition) is 1. The Hall–Kier alpha value is -1.93. The Morgan fingerprint density at radius 1 is 1.35 bits per heavy atom. The van der Waals surface area contributed by atoms with Gasteiger partial charge in [0.1, 0.15) is 5.82 Å². The third kappa shape index (κ3) is 5.28. The molecule has 0 spiro atoms. The second kappa shape index (κ2) is 9.14. The summed E-state index contributed by atoms with van der Waals surface area (Å²) >= 11 is 3.04. The second-order valence-electron chi connectivity index (χ2n) is 5.95. The number of carbonyl (C=O) groups is 2. The lowest BCUT2D eigenvalue weighted by Gasteiger charge is -2.10. The molecule has 0 radical (unpaired) electrons. The van der Waals surface area contributed by atoms with Crippen molar-refractivity contribution in [3.05, 3.63) is 41.2 Å². The minimum absolute atomic E-state index is 0.0682. The number of thiazole rings is 1. The molecule has 0 unspecified atom stereocenters. The first-order valence-electron chi connectivity index (χ1n) is 8.51. The molecule has 5 nitrogen and oxygen atoms in total. The number of nitrogens with zero attached hydrogens (tertiary/aromatic N) is 2. The van der Waals surface area contributed by atoms with E-state index in [0.717, 1.165) is 23.5 Å². The molecule has 1 saturated heterocycles. The molecule has 0 saturated carbocycles. The van der Waals surface area contributed by atoms with Crippen molar-refractivity contribution in [2.75, 3.05) is 23.7 Å². The zero-order valence-electron chi connectivity index (χ0n) is 14.2. The highest BCUT2D eigenvalue weighted by molar-refractivity contribution is 7.99. The molecule has 0 bridgehead atoms. The van der Waals surface area contributed by atoms with E-state index in [0.29, 0.717) is 30.3 Å². The number of anilines is 1. The maximum absolute atomic E-state index is 12.8. The van der Waals surface area contributed by atoms with Crippen LogP contribution in [0.25, 0.3) is 0 Å². The van der Waals surface area contributed by atoms with Gasteiger partial charge in [0.15, 0.2) is 5.13 Å². The number of hydrogen-bond acceptors (Lipinski definition) is 5. The van der Waals surface area contributed by atoms with E-state index in [1.807, 2.05) is 5.38 Å². The van der Waals surface area contributed by atoms with E-state index >= 15 is 0 Å². The predicted octanol–water partition coefficient (Wildman–Crippen LogP) is 3.25. The first-order valence-corrected chi connectivity index (χ1v) is 10.4. The number of rotatable bonds is 8. The Morgan fingerprint density at radius 2 is 2.15 bits per heavy atom. The van der Waals surface area contributed by atoms with Gasteiger partial charge in [-0.05, 0) is 42.9 Å². The summed E-state index contributed by atoms with van der Waals surface area (Å²) in [6.07, 6.45) is 2.50. The van der Waals surface area contributed by atoms with E-state index in [1.54, 1.807) is 28.8 Å². The van der Waals surface area contributed by atoms with Gasteiger partial charge >= 0.3 is 0 Å². The molecule has 1 fully saturated rings. The SMILES string of the molecule is O=C(Cc1csc(N2CCCC2=O)n1)NCCCSc1ccc(F)cc1. The third-order valence-electron chi connectivity index (χ3n) is 3.91. The lowest BCUT2D eigenvalue weighted by Crippen LogP contribution is -2.27. The summed E-state index contributed by atoms with van der Waals surface area (Å²) in [7, 11) is 0. The number of amides is 2. The fraction of sp³-hybridized carbons (Fsp3) is 0.389. The van der Waals surface area contributed by atoms with Crippen LogP contribution in [0.2, 0.25) is 0 Å². The summed E-state index contributed by atoms with van der Waals surface area (Å²) in [6.45, 7) is 1.30. The van der Waals surface area contributed by atoms with Gasteiger partial charge in [-0.15, -0.1) is 23.1 Å². The molecule has 8 heteroatoms. The van der Waals surface area contributed by atoms with Gasteiger partial charge in [-0.3, -0.25) is 14.5 Å². The van der Waals surface area contributed by atoms with Crippen molar-refractivity contribution in [3.63, 3.8) is 0 Å². The normalized spacial score (nSPS) is 14.0. The van der Waals surface area contributed by atoms with Crippen LogP contribution in [-0.4, -0.2) is 35.6 Å². The minimum Gasteiger partial charge on any atom is -0.356 e. The highest BCUT2D eigenvalue weighted by Crippen LogP contribution is 2.25. The van der Waals surface area contributed by atoms with Crippen molar-refractivity contribution < 1.29 is 14.0 Å². The van der Waals surface area contributed by atoms with E-state index in [2.05, 4.69) is 10.3 Å². The predicted molar refractivity (Wildman–Crippen MR) is 102 cm³/mol. The Bertz CT molecular complexity index is 764. The summed E-state index contributed by atoms with van der Waals surface area (Å²) in [5.41, 5.74) is 0.697. The van der Waals surface area contributed by atoms with Crippen LogP contribution in [0, 0.1) is 5.82 Å². The van der Waals surface area contributed by atoms with Crippen molar-refractivity contribution in [1.29, 1.82) is 0 Å². The van der Waals surface area contributed by atoms with Gasteiger partial charge in [0, 0.05) is 29.8 Å². The molecule has 1 N–H and O–H groups in total. The molecule has 1 aliphatic heterocycles. The van der Waals surface area contributed by atoms with Crippen LogP contribution in [0.3, 0.4) is 0 Å². The van der Waals surface area contributed by atoms with Crippen molar-refractivity contribution >= 4 is 40.0 Å². The van der Waals surface area contributed by atoms with Crippen LogP contribution in [-0.2, 0) is 16.0 Å². The standard InChI is InChI=1S/C18H20FN3O2S2/c19-13-4-6-15(7-5-13)25-10-2-8-20-16(23)11-14-12-26-18(21-14)22-9-1-3-17(22)24/h4-7,12H,1-3,8-11H2,(H,20,23). The zero-order chi connectivity index (χ0) is 18.4. The molecule has 0 aliphatic carbocycles. The number of nitrogens with one attached hydrogen (secondary N) is 1. The Kier molecular flexibility index (Phi) is 6.62. The van der Waals surface area contributed by atoms with Crippen LogP contribution < -0.4 is 10.2 Å². The highest BCUT2D eigenvalue weighted by Gasteiger charge is 2.24. The highest BCUT2D eigenvalue weighted by atomic mass is 32.2. The van der Waals surface area contributed by atoms with Gasteiger partial charge in [0.05, 0.1) is 12.1 Å². The Morgan fingerprint density at radius 3 is 2.88 bits per heavy atom.